The fourth-order valence-corrected chi connectivity index (χ4v) is 1.21. The third kappa shape index (κ3) is 2.65. The van der Waals surface area contributed by atoms with Gasteiger partial charge in [-0.1, -0.05) is 17.7 Å². The van der Waals surface area contributed by atoms with E-state index in [2.05, 4.69) is 0 Å². The van der Waals surface area contributed by atoms with Gasteiger partial charge in [-0.3, -0.25) is 0 Å². The molecule has 0 saturated heterocycles. The number of benzene rings is 1. The van der Waals surface area contributed by atoms with Gasteiger partial charge in [0.25, 0.3) is 0 Å². The van der Waals surface area contributed by atoms with Crippen molar-refractivity contribution in [2.45, 2.75) is 12.2 Å². The molecule has 1 aromatic rings. The zero-order valence-corrected chi connectivity index (χ0v) is 8.15. The van der Waals surface area contributed by atoms with Gasteiger partial charge in [0.15, 0.2) is 6.10 Å². The number of carbonyl (C=O) groups is 1. The number of rotatable bonds is 3. The minimum Gasteiger partial charge on any atom is -0.479 e. The molecule has 15 heavy (non-hydrogen) atoms. The maximum atomic E-state index is 13.2. The number of aliphatic hydroxyl groups excluding tert-OH is 2. The average Bonchev–Trinajstić information content (AvgIpc) is 2.15. The van der Waals surface area contributed by atoms with Crippen molar-refractivity contribution in [3.63, 3.8) is 0 Å². The Morgan fingerprint density at radius 3 is 2.47 bits per heavy atom. The van der Waals surface area contributed by atoms with Crippen molar-refractivity contribution < 1.29 is 24.5 Å². The Kier molecular flexibility index (Phi) is 3.62. The van der Waals surface area contributed by atoms with Crippen molar-refractivity contribution in [3.05, 3.63) is 34.6 Å². The molecule has 0 aliphatic heterocycles. The lowest BCUT2D eigenvalue weighted by Crippen LogP contribution is -2.28. The van der Waals surface area contributed by atoms with E-state index in [9.17, 15) is 14.3 Å². The molecule has 2 atom stereocenters. The van der Waals surface area contributed by atoms with Crippen LogP contribution >= 0.6 is 11.6 Å². The van der Waals surface area contributed by atoms with Gasteiger partial charge in [-0.05, 0) is 12.1 Å². The molecular weight excluding hydrogens is 227 g/mol. The second kappa shape index (κ2) is 4.57. The van der Waals surface area contributed by atoms with Gasteiger partial charge in [0.2, 0.25) is 0 Å². The van der Waals surface area contributed by atoms with E-state index in [0.717, 1.165) is 12.1 Å². The Morgan fingerprint density at radius 1 is 1.40 bits per heavy atom. The highest BCUT2D eigenvalue weighted by Gasteiger charge is 2.27. The molecule has 0 bridgehead atoms. The van der Waals surface area contributed by atoms with E-state index in [1.807, 2.05) is 0 Å². The van der Waals surface area contributed by atoms with Crippen molar-refractivity contribution in [3.8, 4) is 0 Å². The number of halogens is 2. The Morgan fingerprint density at radius 2 is 2.00 bits per heavy atom. The highest BCUT2D eigenvalue weighted by atomic mass is 35.5. The van der Waals surface area contributed by atoms with Crippen molar-refractivity contribution in [2.24, 2.45) is 0 Å². The zero-order chi connectivity index (χ0) is 11.6. The van der Waals surface area contributed by atoms with Crippen LogP contribution in [-0.4, -0.2) is 27.4 Å². The quantitative estimate of drug-likeness (QED) is 0.728. The predicted molar refractivity (Wildman–Crippen MR) is 50.0 cm³/mol. The van der Waals surface area contributed by atoms with Gasteiger partial charge in [0.1, 0.15) is 11.9 Å². The highest BCUT2D eigenvalue weighted by Crippen LogP contribution is 2.23. The summed E-state index contributed by atoms with van der Waals surface area (Å²) in [6, 6.07) is 3.33. The topological polar surface area (TPSA) is 77.8 Å². The Labute approximate surface area is 89.5 Å². The van der Waals surface area contributed by atoms with E-state index in [-0.39, 0.29) is 10.6 Å². The summed E-state index contributed by atoms with van der Waals surface area (Å²) in [7, 11) is 0. The van der Waals surface area contributed by atoms with E-state index in [4.69, 9.17) is 21.8 Å². The molecule has 0 amide bonds. The van der Waals surface area contributed by atoms with Crippen LogP contribution in [0, 0.1) is 5.82 Å². The largest absolute Gasteiger partial charge is 0.479 e. The van der Waals surface area contributed by atoms with Crippen LogP contribution in [0.25, 0.3) is 0 Å². The van der Waals surface area contributed by atoms with E-state index < -0.39 is 24.0 Å². The normalized spacial score (nSPS) is 14.7. The fraction of sp³-hybridized carbons (Fsp3) is 0.222. The van der Waals surface area contributed by atoms with Crippen molar-refractivity contribution in [2.75, 3.05) is 0 Å². The maximum absolute atomic E-state index is 13.2. The average molecular weight is 235 g/mol. The van der Waals surface area contributed by atoms with Crippen LogP contribution < -0.4 is 0 Å². The lowest BCUT2D eigenvalue weighted by atomic mass is 10.0. The molecule has 0 radical (unpaired) electrons. The highest BCUT2D eigenvalue weighted by molar-refractivity contribution is 6.30. The van der Waals surface area contributed by atoms with Gasteiger partial charge < -0.3 is 15.3 Å². The molecule has 1 aromatic carbocycles. The SMILES string of the molecule is O=C(O)C(O)C(O)c1ccc(Cl)cc1F. The Balaban J connectivity index is 3.01. The smallest absolute Gasteiger partial charge is 0.335 e. The van der Waals surface area contributed by atoms with Crippen molar-refractivity contribution >= 4 is 17.6 Å². The van der Waals surface area contributed by atoms with E-state index >= 15 is 0 Å². The molecule has 0 fully saturated rings. The number of aliphatic hydroxyl groups is 2. The first-order chi connectivity index (χ1) is 6.93. The van der Waals surface area contributed by atoms with Crippen LogP contribution in [0.15, 0.2) is 18.2 Å². The second-order valence-corrected chi connectivity index (χ2v) is 3.33. The van der Waals surface area contributed by atoms with Gasteiger partial charge in [-0.2, -0.15) is 0 Å². The van der Waals surface area contributed by atoms with Crippen LogP contribution in [0.4, 0.5) is 4.39 Å². The monoisotopic (exact) mass is 234 g/mol. The molecule has 0 aromatic heterocycles. The molecule has 1 rings (SSSR count). The summed E-state index contributed by atoms with van der Waals surface area (Å²) >= 11 is 5.46. The summed E-state index contributed by atoms with van der Waals surface area (Å²) in [5.74, 6) is -2.49. The number of hydrogen-bond acceptors (Lipinski definition) is 3. The molecule has 3 N–H and O–H groups in total. The maximum Gasteiger partial charge on any atom is 0.335 e. The molecule has 0 heterocycles. The molecular formula is C9H8ClFO4. The fourth-order valence-electron chi connectivity index (χ4n) is 1.05. The summed E-state index contributed by atoms with van der Waals surface area (Å²) in [4.78, 5) is 10.3. The molecule has 2 unspecified atom stereocenters. The predicted octanol–water partition coefficient (Wildman–Crippen LogP) is 0.958. The molecule has 6 heteroatoms. The third-order valence-electron chi connectivity index (χ3n) is 1.83. The Hall–Kier alpha value is -1.17. The summed E-state index contributed by atoms with van der Waals surface area (Å²) in [6.45, 7) is 0. The molecule has 4 nitrogen and oxygen atoms in total. The summed E-state index contributed by atoms with van der Waals surface area (Å²) in [6.07, 6.45) is -3.89. The van der Waals surface area contributed by atoms with Crippen molar-refractivity contribution in [1.82, 2.24) is 0 Å². The lowest BCUT2D eigenvalue weighted by molar-refractivity contribution is -0.153. The first kappa shape index (κ1) is 11.9. The minimum atomic E-state index is -2.07. The minimum absolute atomic E-state index is 0.119. The summed E-state index contributed by atoms with van der Waals surface area (Å²) in [5, 5.41) is 26.8. The molecule has 0 aliphatic rings. The van der Waals surface area contributed by atoms with Crippen LogP contribution in [0.3, 0.4) is 0 Å². The number of hydrogen-bond donors (Lipinski definition) is 3. The first-order valence-corrected chi connectivity index (χ1v) is 4.35. The standard InChI is InChI=1S/C9H8ClFO4/c10-4-1-2-5(6(11)3-4)7(12)8(13)9(14)15/h1-3,7-8,12-13H,(H,14,15). The summed E-state index contributed by atoms with van der Waals surface area (Å²) in [5.41, 5.74) is -0.311. The Bertz CT molecular complexity index is 382. The number of carboxylic acid groups (broad SMARTS) is 1. The first-order valence-electron chi connectivity index (χ1n) is 3.97. The third-order valence-corrected chi connectivity index (χ3v) is 2.07. The van der Waals surface area contributed by atoms with Gasteiger partial charge in [-0.25, -0.2) is 9.18 Å². The number of carboxylic acids is 1. The van der Waals surface area contributed by atoms with Crippen LogP contribution in [0.5, 0.6) is 0 Å². The van der Waals surface area contributed by atoms with Crippen molar-refractivity contribution in [1.29, 1.82) is 0 Å². The number of aliphatic carboxylic acids is 1. The van der Waals surface area contributed by atoms with Gasteiger partial charge >= 0.3 is 5.97 Å². The zero-order valence-electron chi connectivity index (χ0n) is 7.39. The summed E-state index contributed by atoms with van der Waals surface area (Å²) < 4.78 is 13.2. The van der Waals surface area contributed by atoms with E-state index in [0.29, 0.717) is 0 Å². The second-order valence-electron chi connectivity index (χ2n) is 2.89. The van der Waals surface area contributed by atoms with Gasteiger partial charge in [0.05, 0.1) is 0 Å². The molecule has 0 saturated carbocycles. The molecule has 0 spiro atoms. The molecule has 0 aliphatic carbocycles. The lowest BCUT2D eigenvalue weighted by Gasteiger charge is -2.14. The van der Waals surface area contributed by atoms with Gasteiger partial charge in [-0.15, -0.1) is 0 Å². The van der Waals surface area contributed by atoms with Crippen LogP contribution in [0.1, 0.15) is 11.7 Å². The van der Waals surface area contributed by atoms with Crippen LogP contribution in [-0.2, 0) is 4.79 Å². The van der Waals surface area contributed by atoms with Gasteiger partial charge in [0, 0.05) is 10.6 Å². The molecule has 82 valence electrons. The van der Waals surface area contributed by atoms with E-state index in [1.54, 1.807) is 0 Å². The van der Waals surface area contributed by atoms with Crippen LogP contribution in [0.2, 0.25) is 5.02 Å². The van der Waals surface area contributed by atoms with E-state index in [1.165, 1.54) is 6.07 Å².